The molecule has 1 heterocycles. The molecule has 4 rings (SSSR count). The highest BCUT2D eigenvalue weighted by Gasteiger charge is 2.31. The van der Waals surface area contributed by atoms with Crippen molar-refractivity contribution in [3.63, 3.8) is 0 Å². The summed E-state index contributed by atoms with van der Waals surface area (Å²) in [7, 11) is -3.69. The van der Waals surface area contributed by atoms with E-state index in [0.717, 1.165) is 11.1 Å². The van der Waals surface area contributed by atoms with Crippen molar-refractivity contribution in [3.05, 3.63) is 92.4 Å². The second-order valence-corrected chi connectivity index (χ2v) is 11.0. The van der Waals surface area contributed by atoms with Gasteiger partial charge in [-0.05, 0) is 66.9 Å². The van der Waals surface area contributed by atoms with Crippen LogP contribution < -0.4 is 9.73 Å². The van der Waals surface area contributed by atoms with Gasteiger partial charge in [0.1, 0.15) is 0 Å². The van der Waals surface area contributed by atoms with Crippen molar-refractivity contribution in [1.29, 1.82) is 0 Å². The van der Waals surface area contributed by atoms with Gasteiger partial charge in [-0.25, -0.2) is 13.1 Å². The van der Waals surface area contributed by atoms with E-state index in [1.54, 1.807) is 37.3 Å². The molecule has 0 amide bonds. The van der Waals surface area contributed by atoms with Gasteiger partial charge in [0.15, 0.2) is 0 Å². The van der Waals surface area contributed by atoms with E-state index >= 15 is 0 Å². The van der Waals surface area contributed by atoms with E-state index in [0.29, 0.717) is 38.5 Å². The molecule has 3 aromatic rings. The monoisotopic (exact) mass is 521 g/mol. The average Bonchev–Trinajstić information content (AvgIpc) is 3.18. The van der Waals surface area contributed by atoms with Gasteiger partial charge in [-0.2, -0.15) is 5.10 Å². The predicted molar refractivity (Wildman–Crippen MR) is 136 cm³/mol. The molecule has 0 aliphatic carbocycles. The molecule has 0 fully saturated rings. The quantitative estimate of drug-likeness (QED) is 0.399. The molecule has 1 aliphatic rings. The van der Waals surface area contributed by atoms with Crippen molar-refractivity contribution in [1.82, 2.24) is 4.72 Å². The van der Waals surface area contributed by atoms with Gasteiger partial charge in [-0.15, -0.1) is 0 Å². The Balaban J connectivity index is 1.63. The molecule has 0 radical (unpaired) electrons. The number of benzene rings is 3. The van der Waals surface area contributed by atoms with Crippen LogP contribution in [-0.4, -0.2) is 20.7 Å². The predicted octanol–water partition coefficient (Wildman–Crippen LogP) is 6.55. The molecule has 0 unspecified atom stereocenters. The van der Waals surface area contributed by atoms with Crippen molar-refractivity contribution in [2.24, 2.45) is 5.10 Å². The van der Waals surface area contributed by atoms with Crippen LogP contribution in [-0.2, 0) is 10.0 Å². The van der Waals surface area contributed by atoms with Gasteiger partial charge >= 0.3 is 0 Å². The summed E-state index contributed by atoms with van der Waals surface area (Å²) >= 11 is 18.6. The molecular weight excluding hydrogens is 501 g/mol. The molecule has 5 nitrogen and oxygen atoms in total. The van der Waals surface area contributed by atoms with E-state index in [9.17, 15) is 8.42 Å². The molecule has 0 spiro atoms. The highest BCUT2D eigenvalue weighted by atomic mass is 35.5. The van der Waals surface area contributed by atoms with Crippen LogP contribution in [0.15, 0.2) is 70.7 Å². The Morgan fingerprint density at radius 2 is 1.67 bits per heavy atom. The standard InChI is InChI=1S/C24H22Cl3N3O2S/c1-15-3-4-16(2)24(11-15)33(31,32)28-14-20-13-23(17-5-7-18(25)8-6-17)30(29-20)22-10-9-19(26)12-21(22)27/h3-12,23,28H,13-14H2,1-2H3/t23-/m1/s1. The fraction of sp³-hybridized carbons (Fsp3) is 0.208. The minimum atomic E-state index is -3.69. The molecule has 3 aromatic carbocycles. The number of aryl methyl sites for hydroxylation is 2. The summed E-state index contributed by atoms with van der Waals surface area (Å²) in [6.45, 7) is 3.73. The third kappa shape index (κ3) is 5.36. The number of halogens is 3. The van der Waals surface area contributed by atoms with Crippen molar-refractivity contribution in [2.45, 2.75) is 31.2 Å². The Labute approximate surface area is 209 Å². The van der Waals surface area contributed by atoms with Gasteiger partial charge < -0.3 is 0 Å². The zero-order valence-corrected chi connectivity index (χ0v) is 21.1. The topological polar surface area (TPSA) is 61.8 Å². The number of hydrogen-bond acceptors (Lipinski definition) is 4. The van der Waals surface area contributed by atoms with Crippen LogP contribution in [0.5, 0.6) is 0 Å². The van der Waals surface area contributed by atoms with Crippen molar-refractivity contribution in [2.75, 3.05) is 11.6 Å². The first-order valence-electron chi connectivity index (χ1n) is 10.3. The number of hydrogen-bond donors (Lipinski definition) is 1. The van der Waals surface area contributed by atoms with Gasteiger partial charge in [0, 0.05) is 16.5 Å². The summed E-state index contributed by atoms with van der Waals surface area (Å²) in [5.74, 6) is 0. The first-order chi connectivity index (χ1) is 15.6. The average molecular weight is 523 g/mol. The molecule has 1 atom stereocenters. The Morgan fingerprint density at radius 3 is 2.36 bits per heavy atom. The Morgan fingerprint density at radius 1 is 0.970 bits per heavy atom. The molecule has 1 N–H and O–H groups in total. The minimum absolute atomic E-state index is 0.0848. The zero-order chi connectivity index (χ0) is 23.8. The number of anilines is 1. The Kier molecular flexibility index (Phi) is 7.03. The van der Waals surface area contributed by atoms with E-state index in [2.05, 4.69) is 4.72 Å². The highest BCUT2D eigenvalue weighted by Crippen LogP contribution is 2.39. The SMILES string of the molecule is Cc1ccc(C)c(S(=O)(=O)NCC2=NN(c3ccc(Cl)cc3Cl)[C@@H](c3ccc(Cl)cc3)C2)c1. The second-order valence-electron chi connectivity index (χ2n) is 7.97. The van der Waals surface area contributed by atoms with Crippen molar-refractivity contribution < 1.29 is 8.42 Å². The smallest absolute Gasteiger partial charge is 0.241 e. The van der Waals surface area contributed by atoms with Crippen molar-refractivity contribution >= 4 is 56.2 Å². The third-order valence-electron chi connectivity index (χ3n) is 5.48. The van der Waals surface area contributed by atoms with E-state index in [-0.39, 0.29) is 17.5 Å². The molecule has 1 aliphatic heterocycles. The van der Waals surface area contributed by atoms with E-state index < -0.39 is 10.0 Å². The maximum atomic E-state index is 13.0. The maximum Gasteiger partial charge on any atom is 0.241 e. The van der Waals surface area contributed by atoms with Crippen LogP contribution in [0.25, 0.3) is 0 Å². The van der Waals surface area contributed by atoms with Crippen LogP contribution in [0.4, 0.5) is 5.69 Å². The van der Waals surface area contributed by atoms with E-state index in [1.165, 1.54) is 0 Å². The minimum Gasteiger partial charge on any atom is -0.256 e. The van der Waals surface area contributed by atoms with Crippen LogP contribution >= 0.6 is 34.8 Å². The largest absolute Gasteiger partial charge is 0.256 e. The van der Waals surface area contributed by atoms with Crippen molar-refractivity contribution in [3.8, 4) is 0 Å². The number of nitrogens with one attached hydrogen (secondary N) is 1. The van der Waals surface area contributed by atoms with E-state index in [4.69, 9.17) is 39.9 Å². The summed E-state index contributed by atoms with van der Waals surface area (Å²) in [6.07, 6.45) is 0.524. The second kappa shape index (κ2) is 9.65. The third-order valence-corrected chi connectivity index (χ3v) is 7.82. The summed E-state index contributed by atoms with van der Waals surface area (Å²) in [4.78, 5) is 0.271. The maximum absolute atomic E-state index is 13.0. The molecule has 0 saturated heterocycles. The normalized spacial score (nSPS) is 16.2. The molecule has 0 saturated carbocycles. The molecule has 9 heteroatoms. The lowest BCUT2D eigenvalue weighted by molar-refractivity contribution is 0.585. The highest BCUT2D eigenvalue weighted by molar-refractivity contribution is 7.89. The number of sulfonamides is 1. The lowest BCUT2D eigenvalue weighted by Gasteiger charge is -2.25. The number of nitrogens with zero attached hydrogens (tertiary/aromatic N) is 2. The molecule has 0 bridgehead atoms. The summed E-state index contributed by atoms with van der Waals surface area (Å²) < 4.78 is 28.6. The molecule has 33 heavy (non-hydrogen) atoms. The lowest BCUT2D eigenvalue weighted by atomic mass is 10.0. The van der Waals surface area contributed by atoms with Gasteiger partial charge in [-0.3, -0.25) is 5.01 Å². The fourth-order valence-corrected chi connectivity index (χ4v) is 5.73. The van der Waals surface area contributed by atoms with Crippen LogP contribution in [0, 0.1) is 13.8 Å². The molecular formula is C24H22Cl3N3O2S. The van der Waals surface area contributed by atoms with Crippen LogP contribution in [0.1, 0.15) is 29.2 Å². The summed E-state index contributed by atoms with van der Waals surface area (Å²) in [5.41, 5.74) is 3.94. The van der Waals surface area contributed by atoms with Crippen LogP contribution in [0.2, 0.25) is 15.1 Å². The number of rotatable bonds is 6. The number of hydrazone groups is 1. The first kappa shape index (κ1) is 24.0. The Bertz CT molecular complexity index is 1330. The first-order valence-corrected chi connectivity index (χ1v) is 12.9. The fourth-order valence-electron chi connectivity index (χ4n) is 3.77. The van der Waals surface area contributed by atoms with Gasteiger partial charge in [-0.1, -0.05) is 59.1 Å². The van der Waals surface area contributed by atoms with Gasteiger partial charge in [0.2, 0.25) is 10.0 Å². The summed E-state index contributed by atoms with van der Waals surface area (Å²) in [6, 6.07) is 17.9. The lowest BCUT2D eigenvalue weighted by Crippen LogP contribution is -2.29. The van der Waals surface area contributed by atoms with E-state index in [1.807, 2.05) is 42.3 Å². The van der Waals surface area contributed by atoms with Gasteiger partial charge in [0.25, 0.3) is 0 Å². The zero-order valence-electron chi connectivity index (χ0n) is 18.0. The Hall–Kier alpha value is -2.09. The van der Waals surface area contributed by atoms with Crippen LogP contribution in [0.3, 0.4) is 0 Å². The summed E-state index contributed by atoms with van der Waals surface area (Å²) in [5, 5.41) is 8.16. The molecule has 172 valence electrons. The van der Waals surface area contributed by atoms with Gasteiger partial charge in [0.05, 0.1) is 33.9 Å². The molecule has 0 aromatic heterocycles.